The van der Waals surface area contributed by atoms with Gasteiger partial charge in [0.25, 0.3) is 0 Å². The van der Waals surface area contributed by atoms with E-state index >= 15 is 0 Å². The molecule has 1 saturated carbocycles. The number of aryl methyl sites for hydroxylation is 1. The molecule has 0 spiro atoms. The van der Waals surface area contributed by atoms with E-state index in [4.69, 9.17) is 15.5 Å². The number of halogens is 3. The number of nitrogens with zero attached hydrogens (tertiary/aromatic N) is 6. The van der Waals surface area contributed by atoms with E-state index in [0.29, 0.717) is 24.8 Å². The van der Waals surface area contributed by atoms with Crippen LogP contribution in [0.5, 0.6) is 0 Å². The molecule has 0 bridgehead atoms. The molecule has 11 nitrogen and oxygen atoms in total. The number of aromatic nitrogens is 6. The number of alkyl halides is 3. The number of nitrogen functional groups attached to an aromatic ring is 1. The van der Waals surface area contributed by atoms with Crippen LogP contribution in [-0.2, 0) is 16.6 Å². The fourth-order valence-corrected chi connectivity index (χ4v) is 6.19. The van der Waals surface area contributed by atoms with Gasteiger partial charge in [-0.2, -0.15) is 13.2 Å². The Labute approximate surface area is 246 Å². The number of nitrogens with one attached hydrogen (secondary N) is 1. The molecule has 1 aliphatic heterocycles. The van der Waals surface area contributed by atoms with Crippen LogP contribution in [0.2, 0.25) is 0 Å². The van der Waals surface area contributed by atoms with Crippen LogP contribution in [0.4, 0.5) is 19.0 Å². The van der Waals surface area contributed by atoms with Gasteiger partial charge in [-0.15, -0.1) is 0 Å². The summed E-state index contributed by atoms with van der Waals surface area (Å²) in [4.78, 5) is 21.6. The van der Waals surface area contributed by atoms with Gasteiger partial charge in [-0.25, -0.2) is 19.9 Å². The predicted octanol–water partition coefficient (Wildman–Crippen LogP) is 3.48. The molecule has 6 rings (SSSR count). The monoisotopic (exact) mass is 602 g/mol. The molecule has 1 aromatic carbocycles. The number of rotatable bonds is 8. The van der Waals surface area contributed by atoms with E-state index in [0.717, 1.165) is 23.3 Å². The van der Waals surface area contributed by atoms with Gasteiger partial charge in [-0.1, -0.05) is 26.8 Å². The molecule has 4 aromatic rings. The predicted molar refractivity (Wildman–Crippen MR) is 153 cm³/mol. The molecule has 0 radical (unpaired) electrons. The smallest absolute Gasteiger partial charge is 0.387 e. The van der Waals surface area contributed by atoms with Crippen LogP contribution >= 0.6 is 0 Å². The van der Waals surface area contributed by atoms with E-state index in [1.807, 2.05) is 6.07 Å². The van der Waals surface area contributed by atoms with Crippen molar-refractivity contribution in [3.05, 3.63) is 42.2 Å². The van der Waals surface area contributed by atoms with Gasteiger partial charge in [-0.05, 0) is 48.3 Å². The number of anilines is 1. The van der Waals surface area contributed by atoms with Gasteiger partial charge in [0.15, 0.2) is 17.7 Å². The van der Waals surface area contributed by atoms with Gasteiger partial charge in [0.1, 0.15) is 36.0 Å². The minimum atomic E-state index is -4.43. The maximum atomic E-state index is 13.6. The molecule has 4 heterocycles. The third-order valence-corrected chi connectivity index (χ3v) is 8.71. The van der Waals surface area contributed by atoms with Gasteiger partial charge in [0.05, 0.1) is 23.9 Å². The molecule has 14 heteroatoms. The second-order valence-electron chi connectivity index (χ2n) is 12.9. The molecule has 2 aliphatic rings. The lowest BCUT2D eigenvalue weighted by Gasteiger charge is -2.44. The van der Waals surface area contributed by atoms with E-state index in [9.17, 15) is 23.4 Å². The van der Waals surface area contributed by atoms with Crippen LogP contribution in [0.25, 0.3) is 22.2 Å². The molecule has 43 heavy (non-hydrogen) atoms. The average Bonchev–Trinajstić information content (AvgIpc) is 3.58. The summed E-state index contributed by atoms with van der Waals surface area (Å²) < 4.78 is 48.2. The topological polar surface area (TPSA) is 151 Å². The molecule has 1 aliphatic carbocycles. The summed E-state index contributed by atoms with van der Waals surface area (Å²) in [5.41, 5.74) is 9.55. The number of nitrogens with two attached hydrogens (primary N) is 1. The number of aromatic amines is 1. The van der Waals surface area contributed by atoms with Gasteiger partial charge in [-0.3, -0.25) is 9.47 Å². The lowest BCUT2D eigenvalue weighted by molar-refractivity contribution is -0.163. The van der Waals surface area contributed by atoms with Gasteiger partial charge in [0.2, 0.25) is 0 Å². The Morgan fingerprint density at radius 3 is 2.60 bits per heavy atom. The fourth-order valence-electron chi connectivity index (χ4n) is 6.19. The van der Waals surface area contributed by atoms with Crippen molar-refractivity contribution in [1.82, 2.24) is 34.4 Å². The molecule has 3 aromatic heterocycles. The largest absolute Gasteiger partial charge is 0.401 e. The molecule has 4 atom stereocenters. The zero-order chi connectivity index (χ0) is 30.7. The van der Waals surface area contributed by atoms with Crippen molar-refractivity contribution in [3.63, 3.8) is 0 Å². The Hall–Kier alpha value is -3.33. The summed E-state index contributed by atoms with van der Waals surface area (Å²) in [6, 6.07) is 5.93. The zero-order valence-electron chi connectivity index (χ0n) is 24.3. The van der Waals surface area contributed by atoms with Gasteiger partial charge in [0, 0.05) is 19.0 Å². The van der Waals surface area contributed by atoms with E-state index in [-0.39, 0.29) is 35.4 Å². The average molecular weight is 603 g/mol. The summed E-state index contributed by atoms with van der Waals surface area (Å²) in [6.07, 6.45) is -4.06. The third-order valence-electron chi connectivity index (χ3n) is 8.71. The maximum Gasteiger partial charge on any atom is 0.401 e. The molecule has 1 saturated heterocycles. The molecule has 232 valence electrons. The number of fused-ring (bicyclic) bond motifs is 2. The van der Waals surface area contributed by atoms with Crippen LogP contribution < -0.4 is 5.73 Å². The van der Waals surface area contributed by atoms with Crippen LogP contribution in [0, 0.1) is 5.92 Å². The van der Waals surface area contributed by atoms with Crippen molar-refractivity contribution in [1.29, 1.82) is 0 Å². The quantitative estimate of drug-likeness (QED) is 0.238. The molecule has 0 unspecified atom stereocenters. The number of ether oxygens (including phenoxy) is 1. The summed E-state index contributed by atoms with van der Waals surface area (Å²) in [6.45, 7) is 5.16. The van der Waals surface area contributed by atoms with Crippen molar-refractivity contribution in [3.8, 4) is 0 Å². The highest BCUT2D eigenvalue weighted by Gasteiger charge is 2.47. The Morgan fingerprint density at radius 2 is 1.88 bits per heavy atom. The molecule has 5 N–H and O–H groups in total. The lowest BCUT2D eigenvalue weighted by Crippen LogP contribution is -2.52. The second-order valence-corrected chi connectivity index (χ2v) is 12.9. The van der Waals surface area contributed by atoms with Crippen molar-refractivity contribution in [2.75, 3.05) is 18.8 Å². The number of hydrogen-bond donors (Lipinski definition) is 4. The molecular formula is C29H37F3N8O3. The van der Waals surface area contributed by atoms with Crippen molar-refractivity contribution in [2.45, 2.75) is 88.6 Å². The highest BCUT2D eigenvalue weighted by molar-refractivity contribution is 5.81. The Balaban J connectivity index is 1.08. The minimum Gasteiger partial charge on any atom is -0.387 e. The summed E-state index contributed by atoms with van der Waals surface area (Å²) in [5.74, 6) is 1.27. The number of benzene rings is 1. The summed E-state index contributed by atoms with van der Waals surface area (Å²) in [7, 11) is 0. The number of imidazole rings is 2. The van der Waals surface area contributed by atoms with E-state index in [2.05, 4.69) is 52.8 Å². The first-order valence-electron chi connectivity index (χ1n) is 14.5. The molecule has 0 amide bonds. The van der Waals surface area contributed by atoms with Crippen LogP contribution in [-0.4, -0.2) is 88.2 Å². The Morgan fingerprint density at radius 1 is 1.12 bits per heavy atom. The molecule has 2 fully saturated rings. The highest BCUT2D eigenvalue weighted by atomic mass is 19.4. The fraction of sp³-hybridized carbons (Fsp3) is 0.586. The highest BCUT2D eigenvalue weighted by Crippen LogP contribution is 2.39. The Bertz CT molecular complexity index is 1590. The number of H-pyrrole nitrogens is 1. The van der Waals surface area contributed by atoms with Crippen LogP contribution in [0.15, 0.2) is 30.9 Å². The van der Waals surface area contributed by atoms with Gasteiger partial charge < -0.3 is 25.7 Å². The normalized spacial score (nSPS) is 26.5. The minimum absolute atomic E-state index is 0.0203. The first-order valence-corrected chi connectivity index (χ1v) is 14.5. The van der Waals surface area contributed by atoms with Crippen LogP contribution in [0.1, 0.15) is 57.6 Å². The Kier molecular flexibility index (Phi) is 7.60. The third kappa shape index (κ3) is 6.06. The number of aliphatic hydroxyl groups excluding tert-OH is 2. The number of aliphatic hydroxyl groups is 2. The van der Waals surface area contributed by atoms with Crippen LogP contribution in [0.3, 0.4) is 0 Å². The van der Waals surface area contributed by atoms with E-state index in [1.165, 1.54) is 27.7 Å². The SMILES string of the molecule is CC(C)(C)c1ccc2[nH]c(CC[C@H]3C[C@H](N(C[C@H]4O[C@@H](n5cnc6c(N)ncnc65)[C@H](O)[C@@H]4O)CC(F)(F)F)C3)nc2c1. The van der Waals surface area contributed by atoms with E-state index in [1.54, 1.807) is 0 Å². The van der Waals surface area contributed by atoms with Crippen molar-refractivity contribution < 1.29 is 28.1 Å². The molecular weight excluding hydrogens is 565 g/mol. The van der Waals surface area contributed by atoms with Crippen molar-refractivity contribution >= 4 is 28.0 Å². The van der Waals surface area contributed by atoms with Crippen molar-refractivity contribution in [2.24, 2.45) is 5.92 Å². The maximum absolute atomic E-state index is 13.6. The summed E-state index contributed by atoms with van der Waals surface area (Å²) >= 11 is 0. The van der Waals surface area contributed by atoms with E-state index < -0.39 is 37.3 Å². The standard InChI is InChI=1S/C29H37F3N8O3/c1-28(2,3)16-5-6-18-19(10-16)38-21(37-18)7-4-15-8-17(9-15)39(12-29(30,31)32)11-20-23(41)24(42)27(43-20)40-14-36-22-25(33)34-13-35-26(22)40/h5-6,10,13-15,17,20,23-24,27,41-42H,4,7-9,11-12H2,1-3H3,(H,37,38)(H2,33,34,35)/t15-,17-,20-,23-,24-,27-/m1/s1. The lowest BCUT2D eigenvalue weighted by atomic mass is 9.76. The summed E-state index contributed by atoms with van der Waals surface area (Å²) in [5, 5.41) is 21.5. The number of hydrogen-bond acceptors (Lipinski definition) is 9. The first kappa shape index (κ1) is 29.7. The zero-order valence-corrected chi connectivity index (χ0v) is 24.3. The first-order chi connectivity index (χ1) is 20.3. The second kappa shape index (κ2) is 11.0. The van der Waals surface area contributed by atoms with Gasteiger partial charge >= 0.3 is 6.18 Å².